The van der Waals surface area contributed by atoms with Crippen molar-refractivity contribution in [3.8, 4) is 17.3 Å². The number of hydrogen-bond donors (Lipinski definition) is 3. The molecular formula is C25H26F3N7O3S. The number of rotatable bonds is 4. The lowest BCUT2D eigenvalue weighted by molar-refractivity contribution is -0.137. The number of benzene rings is 1. The fourth-order valence-electron chi connectivity index (χ4n) is 5.71. The summed E-state index contributed by atoms with van der Waals surface area (Å²) in [6.07, 6.45) is 0.368. The molecule has 0 radical (unpaired) electrons. The van der Waals surface area contributed by atoms with Crippen LogP contribution in [0.2, 0.25) is 0 Å². The van der Waals surface area contributed by atoms with Crippen LogP contribution in [0.4, 0.5) is 24.8 Å². The second-order valence-corrected chi connectivity index (χ2v) is 12.3. The molecule has 0 saturated carbocycles. The van der Waals surface area contributed by atoms with E-state index >= 15 is 0 Å². The van der Waals surface area contributed by atoms with Crippen molar-refractivity contribution in [1.82, 2.24) is 20.3 Å². The first kappa shape index (κ1) is 25.8. The van der Waals surface area contributed by atoms with Gasteiger partial charge in [0.1, 0.15) is 11.6 Å². The van der Waals surface area contributed by atoms with Gasteiger partial charge in [-0.1, -0.05) is 6.07 Å². The Labute approximate surface area is 222 Å². The zero-order valence-corrected chi connectivity index (χ0v) is 21.6. The van der Waals surface area contributed by atoms with Crippen LogP contribution in [-0.4, -0.2) is 67.0 Å². The Hall–Kier alpha value is -3.41. The largest absolute Gasteiger partial charge is 0.419 e. The second kappa shape index (κ2) is 9.35. The maximum absolute atomic E-state index is 14.1. The van der Waals surface area contributed by atoms with Crippen molar-refractivity contribution in [2.45, 2.75) is 43.4 Å². The topological polar surface area (TPSA) is 136 Å². The number of H-pyrrole nitrogens is 1. The molecule has 5 heterocycles. The maximum Gasteiger partial charge on any atom is 0.419 e. The Kier molecular flexibility index (Phi) is 6.20. The third-order valence-corrected chi connectivity index (χ3v) is 9.62. The van der Waals surface area contributed by atoms with Gasteiger partial charge in [-0.3, -0.25) is 4.31 Å². The van der Waals surface area contributed by atoms with E-state index < -0.39 is 21.8 Å². The molecule has 1 aromatic carbocycles. The maximum atomic E-state index is 14.1. The molecule has 3 aliphatic rings. The number of sulfonamides is 1. The lowest BCUT2D eigenvalue weighted by Gasteiger charge is -2.37. The van der Waals surface area contributed by atoms with Crippen molar-refractivity contribution in [1.29, 1.82) is 5.26 Å². The van der Waals surface area contributed by atoms with Crippen LogP contribution in [-0.2, 0) is 20.9 Å². The summed E-state index contributed by atoms with van der Waals surface area (Å²) in [4.78, 5) is 11.2. The van der Waals surface area contributed by atoms with Crippen LogP contribution >= 0.6 is 0 Å². The molecule has 6 rings (SSSR count). The number of alkyl halides is 3. The molecule has 3 saturated heterocycles. The number of fused-ring (bicyclic) bond motifs is 1. The van der Waals surface area contributed by atoms with Crippen molar-refractivity contribution in [3.63, 3.8) is 0 Å². The summed E-state index contributed by atoms with van der Waals surface area (Å²) in [6, 6.07) is 4.86. The predicted molar refractivity (Wildman–Crippen MR) is 138 cm³/mol. The van der Waals surface area contributed by atoms with Crippen LogP contribution in [0.3, 0.4) is 0 Å². The molecule has 2 aromatic heterocycles. The third-order valence-electron chi connectivity index (χ3n) is 7.78. The summed E-state index contributed by atoms with van der Waals surface area (Å²) in [5.41, 5.74) is -0.758. The molecule has 0 bridgehead atoms. The van der Waals surface area contributed by atoms with Crippen LogP contribution in [0.25, 0.3) is 22.2 Å². The Morgan fingerprint density at radius 3 is 2.77 bits per heavy atom. The number of aromatic amines is 1. The molecule has 206 valence electrons. The molecule has 0 aliphatic carbocycles. The molecule has 1 unspecified atom stereocenters. The fraction of sp³-hybridized carbons (Fsp3) is 0.480. The van der Waals surface area contributed by atoms with Gasteiger partial charge in [-0.05, 0) is 31.7 Å². The number of ether oxygens (including phenoxy) is 1. The number of anilines is 2. The van der Waals surface area contributed by atoms with E-state index in [1.54, 1.807) is 0 Å². The molecule has 10 nitrogen and oxygen atoms in total. The Morgan fingerprint density at radius 1 is 1.28 bits per heavy atom. The monoisotopic (exact) mass is 561 g/mol. The minimum Gasteiger partial charge on any atom is -0.379 e. The minimum absolute atomic E-state index is 0.0445. The number of halogens is 3. The van der Waals surface area contributed by atoms with Gasteiger partial charge in [0.2, 0.25) is 16.0 Å². The lowest BCUT2D eigenvalue weighted by Crippen LogP contribution is -2.55. The highest BCUT2D eigenvalue weighted by molar-refractivity contribution is 7.93. The molecule has 3 N–H and O–H groups in total. The normalized spacial score (nSPS) is 24.9. The summed E-state index contributed by atoms with van der Waals surface area (Å²) < 4.78 is 74.3. The molecule has 39 heavy (non-hydrogen) atoms. The van der Waals surface area contributed by atoms with Gasteiger partial charge in [-0.25, -0.2) is 18.4 Å². The number of nitriles is 1. The molecular weight excluding hydrogens is 535 g/mol. The Balaban J connectivity index is 1.39. The molecule has 3 fully saturated rings. The quantitative estimate of drug-likeness (QED) is 0.441. The standard InChI is InChI=1S/C25H26F3N7O3S/c26-25(27,28)19-13-31-23(33-16-4-5-24(32-11-16)6-8-38-14-24)34-20(19)18-12-30-21-17(18)3-2-15(10-29)22(21)35-7-1-9-39(35,36)37/h2-3,12-13,16,30,32H,1,4-9,11,14H2,(H,31,33,34)/t16-,24?/m0/s1. The van der Waals surface area contributed by atoms with E-state index in [9.17, 15) is 26.9 Å². The van der Waals surface area contributed by atoms with E-state index in [-0.39, 0.29) is 57.9 Å². The van der Waals surface area contributed by atoms with Gasteiger partial charge in [0.05, 0.1) is 34.8 Å². The smallest absolute Gasteiger partial charge is 0.379 e. The van der Waals surface area contributed by atoms with Crippen LogP contribution in [0.15, 0.2) is 24.5 Å². The lowest BCUT2D eigenvalue weighted by atomic mass is 9.86. The summed E-state index contributed by atoms with van der Waals surface area (Å²) in [6.45, 7) is 2.14. The van der Waals surface area contributed by atoms with Crippen molar-refractivity contribution in [2.75, 3.05) is 41.7 Å². The van der Waals surface area contributed by atoms with E-state index in [1.807, 2.05) is 6.07 Å². The van der Waals surface area contributed by atoms with Crippen LogP contribution < -0.4 is 14.9 Å². The van der Waals surface area contributed by atoms with E-state index in [1.165, 1.54) is 18.3 Å². The average Bonchev–Trinajstić information content (AvgIpc) is 3.62. The SMILES string of the molecule is N#Cc1ccc2c(-c3nc(N[C@H]4CCC5(CCOC5)NC4)ncc3C(F)(F)F)c[nH]c2c1N1CCCS1(=O)=O. The molecule has 3 aliphatic heterocycles. The van der Waals surface area contributed by atoms with Gasteiger partial charge in [-0.2, -0.15) is 18.4 Å². The Bertz CT molecular complexity index is 1570. The van der Waals surface area contributed by atoms with E-state index in [4.69, 9.17) is 4.74 Å². The highest BCUT2D eigenvalue weighted by atomic mass is 32.2. The van der Waals surface area contributed by atoms with Gasteiger partial charge in [0.15, 0.2) is 0 Å². The first-order chi connectivity index (χ1) is 18.6. The first-order valence-electron chi connectivity index (χ1n) is 12.7. The van der Waals surface area contributed by atoms with Gasteiger partial charge < -0.3 is 20.4 Å². The fourth-order valence-corrected chi connectivity index (χ4v) is 7.30. The third kappa shape index (κ3) is 4.58. The van der Waals surface area contributed by atoms with Crippen LogP contribution in [0, 0.1) is 11.3 Å². The Morgan fingerprint density at radius 2 is 2.13 bits per heavy atom. The highest BCUT2D eigenvalue weighted by Gasteiger charge is 2.40. The molecule has 3 aromatic rings. The number of nitrogens with zero attached hydrogens (tertiary/aromatic N) is 4. The van der Waals surface area contributed by atoms with Gasteiger partial charge in [0.25, 0.3) is 0 Å². The van der Waals surface area contributed by atoms with Gasteiger partial charge >= 0.3 is 6.18 Å². The number of aromatic nitrogens is 3. The first-order valence-corrected chi connectivity index (χ1v) is 14.3. The van der Waals surface area contributed by atoms with E-state index in [2.05, 4.69) is 25.6 Å². The summed E-state index contributed by atoms with van der Waals surface area (Å²) >= 11 is 0. The average molecular weight is 562 g/mol. The van der Waals surface area contributed by atoms with E-state index in [0.29, 0.717) is 31.6 Å². The number of nitrogens with one attached hydrogen (secondary N) is 3. The second-order valence-electron chi connectivity index (χ2n) is 10.2. The molecule has 14 heteroatoms. The summed E-state index contributed by atoms with van der Waals surface area (Å²) in [5, 5.41) is 16.7. The van der Waals surface area contributed by atoms with Crippen molar-refractivity contribution in [2.24, 2.45) is 0 Å². The number of piperidine rings is 1. The van der Waals surface area contributed by atoms with Crippen molar-refractivity contribution < 1.29 is 26.3 Å². The molecule has 1 spiro atoms. The van der Waals surface area contributed by atoms with Gasteiger partial charge in [-0.15, -0.1) is 0 Å². The predicted octanol–water partition coefficient (Wildman–Crippen LogP) is 3.38. The van der Waals surface area contributed by atoms with Crippen molar-refractivity contribution >= 4 is 32.6 Å². The van der Waals surface area contributed by atoms with Crippen molar-refractivity contribution in [3.05, 3.63) is 35.7 Å². The van der Waals surface area contributed by atoms with Crippen LogP contribution in [0.1, 0.15) is 36.8 Å². The van der Waals surface area contributed by atoms with Crippen LogP contribution in [0.5, 0.6) is 0 Å². The minimum atomic E-state index is -4.73. The van der Waals surface area contributed by atoms with E-state index in [0.717, 1.165) is 29.8 Å². The highest BCUT2D eigenvalue weighted by Crippen LogP contribution is 2.42. The summed E-state index contributed by atoms with van der Waals surface area (Å²) in [5.74, 6) is -0.000666. The summed E-state index contributed by atoms with van der Waals surface area (Å²) in [7, 11) is -3.65. The zero-order chi connectivity index (χ0) is 27.4. The van der Waals surface area contributed by atoms with Gasteiger partial charge in [0, 0.05) is 54.6 Å². The zero-order valence-electron chi connectivity index (χ0n) is 20.8. The number of hydrogen-bond acceptors (Lipinski definition) is 8. The molecule has 2 atom stereocenters. The molecule has 0 amide bonds.